The van der Waals surface area contributed by atoms with E-state index in [1.165, 1.54) is 10.9 Å². The van der Waals surface area contributed by atoms with E-state index in [0.717, 1.165) is 23.2 Å². The molecule has 1 saturated heterocycles. The molecule has 1 aliphatic heterocycles. The lowest BCUT2D eigenvalue weighted by atomic mass is 10.0. The summed E-state index contributed by atoms with van der Waals surface area (Å²) in [5.74, 6) is 0.000404. The highest BCUT2D eigenvalue weighted by Gasteiger charge is 2.36. The van der Waals surface area contributed by atoms with Crippen LogP contribution in [0.3, 0.4) is 0 Å². The number of nitrogens with one attached hydrogen (secondary N) is 1. The maximum atomic E-state index is 13.1. The average Bonchev–Trinajstić information content (AvgIpc) is 3.30. The van der Waals surface area contributed by atoms with Crippen molar-refractivity contribution in [2.24, 2.45) is 5.92 Å². The fraction of sp³-hybridized carbons (Fsp3) is 0.304. The van der Waals surface area contributed by atoms with Gasteiger partial charge in [-0.1, -0.05) is 48.3 Å². The van der Waals surface area contributed by atoms with Crippen LogP contribution < -0.4 is 10.2 Å². The molecule has 1 N–H and O–H groups in total. The van der Waals surface area contributed by atoms with Crippen molar-refractivity contribution in [3.8, 4) is 5.82 Å². The predicted octanol–water partition coefficient (Wildman–Crippen LogP) is 4.74. The summed E-state index contributed by atoms with van der Waals surface area (Å²) >= 11 is 12.2. The molecule has 1 unspecified atom stereocenters. The molecule has 0 saturated carbocycles. The van der Waals surface area contributed by atoms with Crippen molar-refractivity contribution in [1.82, 2.24) is 14.8 Å². The maximum Gasteiger partial charge on any atom is 0.230 e. The number of nitrogens with zero attached hydrogens (tertiary/aromatic N) is 4. The van der Waals surface area contributed by atoms with Gasteiger partial charge in [-0.25, -0.2) is 4.98 Å². The number of halogens is 2. The van der Waals surface area contributed by atoms with Crippen LogP contribution in [0.15, 0.2) is 36.5 Å². The van der Waals surface area contributed by atoms with Crippen LogP contribution in [0.4, 0.5) is 11.5 Å². The van der Waals surface area contributed by atoms with Gasteiger partial charge in [-0.3, -0.25) is 9.59 Å². The number of carbonyl (C=O) groups is 2. The molecule has 7 nitrogen and oxygen atoms in total. The molecular formula is C23H23Cl2N5O2. The first kappa shape index (κ1) is 22.3. The third-order valence-electron chi connectivity index (χ3n) is 5.54. The quantitative estimate of drug-likeness (QED) is 0.582. The third-order valence-corrected chi connectivity index (χ3v) is 6.02. The number of benzene rings is 1. The van der Waals surface area contributed by atoms with E-state index in [2.05, 4.69) is 22.3 Å². The summed E-state index contributed by atoms with van der Waals surface area (Å²) in [6, 6.07) is 9.29. The highest BCUT2D eigenvalue weighted by molar-refractivity contribution is 6.35. The number of aryl methyl sites for hydroxylation is 3. The molecule has 1 atom stereocenters. The van der Waals surface area contributed by atoms with Gasteiger partial charge in [-0.2, -0.15) is 9.78 Å². The first-order chi connectivity index (χ1) is 15.3. The Balaban J connectivity index is 1.57. The van der Waals surface area contributed by atoms with Crippen molar-refractivity contribution < 1.29 is 9.59 Å². The normalized spacial score (nSPS) is 16.0. The van der Waals surface area contributed by atoms with Gasteiger partial charge >= 0.3 is 0 Å². The molecule has 0 radical (unpaired) electrons. The van der Waals surface area contributed by atoms with Crippen molar-refractivity contribution in [3.05, 3.63) is 63.4 Å². The molecule has 4 rings (SSSR count). The Morgan fingerprint density at radius 3 is 2.75 bits per heavy atom. The van der Waals surface area contributed by atoms with E-state index in [1.54, 1.807) is 24.0 Å². The van der Waals surface area contributed by atoms with Gasteiger partial charge in [0.05, 0.1) is 21.7 Å². The second kappa shape index (κ2) is 8.92. The minimum atomic E-state index is -0.482. The Morgan fingerprint density at radius 1 is 1.25 bits per heavy atom. The molecule has 3 heterocycles. The Kier molecular flexibility index (Phi) is 6.22. The molecule has 1 aromatic carbocycles. The van der Waals surface area contributed by atoms with Gasteiger partial charge in [-0.15, -0.1) is 0 Å². The SMILES string of the molecule is CCc1cccc(C)c1N1CC(C(=O)Nc2cc(C)nn2-c2ncc(Cl)cc2Cl)CC1=O. The summed E-state index contributed by atoms with van der Waals surface area (Å²) in [5, 5.41) is 8.01. The van der Waals surface area contributed by atoms with Crippen LogP contribution >= 0.6 is 23.2 Å². The number of carbonyl (C=O) groups excluding carboxylic acids is 2. The Morgan fingerprint density at radius 2 is 2.03 bits per heavy atom. The van der Waals surface area contributed by atoms with Gasteiger partial charge in [0, 0.05) is 30.9 Å². The Labute approximate surface area is 196 Å². The topological polar surface area (TPSA) is 80.1 Å². The van der Waals surface area contributed by atoms with Crippen LogP contribution in [0.2, 0.25) is 10.0 Å². The van der Waals surface area contributed by atoms with Gasteiger partial charge in [0.15, 0.2) is 5.82 Å². The van der Waals surface area contributed by atoms with E-state index >= 15 is 0 Å². The summed E-state index contributed by atoms with van der Waals surface area (Å²) in [7, 11) is 0. The van der Waals surface area contributed by atoms with E-state index in [4.69, 9.17) is 23.2 Å². The molecule has 166 valence electrons. The number of aromatic nitrogens is 3. The fourth-order valence-electron chi connectivity index (χ4n) is 4.03. The maximum absolute atomic E-state index is 13.1. The minimum absolute atomic E-state index is 0.0544. The lowest BCUT2D eigenvalue weighted by molar-refractivity contribution is -0.122. The number of para-hydroxylation sites is 1. The zero-order chi connectivity index (χ0) is 23.0. The molecule has 1 fully saturated rings. The van der Waals surface area contributed by atoms with Crippen molar-refractivity contribution in [2.75, 3.05) is 16.8 Å². The zero-order valence-electron chi connectivity index (χ0n) is 18.0. The molecule has 1 aliphatic rings. The van der Waals surface area contributed by atoms with E-state index in [1.807, 2.05) is 25.1 Å². The molecule has 0 bridgehead atoms. The number of hydrogen-bond acceptors (Lipinski definition) is 4. The molecule has 9 heteroatoms. The first-order valence-corrected chi connectivity index (χ1v) is 11.1. The number of anilines is 2. The number of pyridine rings is 1. The minimum Gasteiger partial charge on any atom is -0.311 e. The summed E-state index contributed by atoms with van der Waals surface area (Å²) in [5.41, 5.74) is 3.71. The lowest BCUT2D eigenvalue weighted by Gasteiger charge is -2.22. The number of rotatable bonds is 5. The van der Waals surface area contributed by atoms with Crippen molar-refractivity contribution in [3.63, 3.8) is 0 Å². The van der Waals surface area contributed by atoms with Crippen molar-refractivity contribution in [1.29, 1.82) is 0 Å². The number of amides is 2. The molecule has 32 heavy (non-hydrogen) atoms. The molecular weight excluding hydrogens is 449 g/mol. The second-order valence-electron chi connectivity index (χ2n) is 7.87. The van der Waals surface area contributed by atoms with E-state index in [-0.39, 0.29) is 18.2 Å². The predicted molar refractivity (Wildman–Crippen MR) is 126 cm³/mol. The first-order valence-electron chi connectivity index (χ1n) is 10.4. The lowest BCUT2D eigenvalue weighted by Crippen LogP contribution is -2.29. The molecule has 2 aromatic heterocycles. The largest absolute Gasteiger partial charge is 0.311 e. The third kappa shape index (κ3) is 4.23. The summed E-state index contributed by atoms with van der Waals surface area (Å²) in [4.78, 5) is 31.9. The smallest absolute Gasteiger partial charge is 0.230 e. The number of hydrogen-bond donors (Lipinski definition) is 1. The molecule has 2 amide bonds. The Bertz CT molecular complexity index is 1210. The highest BCUT2D eigenvalue weighted by atomic mass is 35.5. The van der Waals surface area contributed by atoms with E-state index in [9.17, 15) is 9.59 Å². The molecule has 0 spiro atoms. The standard InChI is InChI=1S/C23H23Cl2N5O2/c1-4-15-7-5-6-13(2)21(15)29-12-16(9-20(29)31)23(32)27-19-8-14(3)28-30(19)22-18(25)10-17(24)11-26-22/h5-8,10-11,16H,4,9,12H2,1-3H3,(H,27,32). The van der Waals surface area contributed by atoms with Gasteiger partial charge in [0.25, 0.3) is 0 Å². The summed E-state index contributed by atoms with van der Waals surface area (Å²) in [6.45, 7) is 6.18. The average molecular weight is 472 g/mol. The molecule has 3 aromatic rings. The van der Waals surface area contributed by atoms with Gasteiger partial charge in [-0.05, 0) is 37.5 Å². The second-order valence-corrected chi connectivity index (χ2v) is 8.72. The van der Waals surface area contributed by atoms with E-state index in [0.29, 0.717) is 33.9 Å². The molecule has 0 aliphatic carbocycles. The fourth-order valence-corrected chi connectivity index (χ4v) is 4.49. The highest BCUT2D eigenvalue weighted by Crippen LogP contribution is 2.32. The van der Waals surface area contributed by atoms with Gasteiger partial charge in [0.1, 0.15) is 5.82 Å². The van der Waals surface area contributed by atoms with E-state index < -0.39 is 5.92 Å². The van der Waals surface area contributed by atoms with Crippen LogP contribution in [-0.2, 0) is 16.0 Å². The van der Waals surface area contributed by atoms with Crippen LogP contribution in [0, 0.1) is 19.8 Å². The monoisotopic (exact) mass is 471 g/mol. The van der Waals surface area contributed by atoms with Gasteiger partial charge in [0.2, 0.25) is 11.8 Å². The van der Waals surface area contributed by atoms with Crippen LogP contribution in [0.5, 0.6) is 0 Å². The van der Waals surface area contributed by atoms with Crippen molar-refractivity contribution in [2.45, 2.75) is 33.6 Å². The zero-order valence-corrected chi connectivity index (χ0v) is 19.5. The Hall–Kier alpha value is -2.90. The van der Waals surface area contributed by atoms with Crippen LogP contribution in [0.25, 0.3) is 5.82 Å². The van der Waals surface area contributed by atoms with Crippen LogP contribution in [-0.4, -0.2) is 33.1 Å². The summed E-state index contributed by atoms with van der Waals surface area (Å²) in [6.07, 6.45) is 2.42. The summed E-state index contributed by atoms with van der Waals surface area (Å²) < 4.78 is 1.47. The van der Waals surface area contributed by atoms with Crippen LogP contribution in [0.1, 0.15) is 30.2 Å². The van der Waals surface area contributed by atoms with Gasteiger partial charge < -0.3 is 10.2 Å². The van der Waals surface area contributed by atoms with Crippen molar-refractivity contribution >= 4 is 46.5 Å².